The van der Waals surface area contributed by atoms with Gasteiger partial charge < -0.3 is 14.6 Å². The molecule has 2 aromatic rings. The largest absolute Gasteiger partial charge is 0.481 e. The molecule has 0 fully saturated rings. The van der Waals surface area contributed by atoms with Gasteiger partial charge in [0, 0.05) is 6.42 Å². The first-order valence-electron chi connectivity index (χ1n) is 5.59. The van der Waals surface area contributed by atoms with Crippen molar-refractivity contribution < 1.29 is 19.4 Å². The molecule has 0 bridgehead atoms. The highest BCUT2D eigenvalue weighted by molar-refractivity contribution is 5.72. The molecule has 6 heteroatoms. The summed E-state index contributed by atoms with van der Waals surface area (Å²) >= 11 is 0. The zero-order valence-electron chi connectivity index (χ0n) is 9.55. The molecule has 1 atom stereocenters. The number of benzene rings is 1. The quantitative estimate of drug-likeness (QED) is 0.745. The summed E-state index contributed by atoms with van der Waals surface area (Å²) in [7, 11) is 0. The number of aliphatic hydroxyl groups excluding tert-OH is 1. The summed E-state index contributed by atoms with van der Waals surface area (Å²) in [4.78, 5) is 23.8. The Morgan fingerprint density at radius 1 is 1.44 bits per heavy atom. The smallest absolute Gasteiger partial charge is 0.417 e. The van der Waals surface area contributed by atoms with Crippen molar-refractivity contribution in [3.8, 4) is 0 Å². The van der Waals surface area contributed by atoms with Crippen molar-refractivity contribution in [3.63, 3.8) is 0 Å². The molecule has 0 saturated heterocycles. The normalized spacial score (nSPS) is 12.7. The van der Waals surface area contributed by atoms with Crippen LogP contribution in [-0.2, 0) is 4.79 Å². The van der Waals surface area contributed by atoms with Crippen LogP contribution >= 0.6 is 0 Å². The predicted molar refractivity (Wildman–Crippen MR) is 63.3 cm³/mol. The SMILES string of the molecule is O=C(O)CCCC(O)c1ccc2[nH]c(=O)oc2c1. The Morgan fingerprint density at radius 3 is 2.94 bits per heavy atom. The number of aromatic amines is 1. The number of carboxylic acids is 1. The Morgan fingerprint density at radius 2 is 2.22 bits per heavy atom. The highest BCUT2D eigenvalue weighted by Gasteiger charge is 2.10. The average molecular weight is 251 g/mol. The van der Waals surface area contributed by atoms with Crippen LogP contribution in [0.5, 0.6) is 0 Å². The average Bonchev–Trinajstić information content (AvgIpc) is 2.67. The Hall–Kier alpha value is -2.08. The topological polar surface area (TPSA) is 104 Å². The second kappa shape index (κ2) is 5.05. The molecule has 0 spiro atoms. The number of nitrogens with one attached hydrogen (secondary N) is 1. The maximum atomic E-state index is 11.0. The second-order valence-corrected chi connectivity index (χ2v) is 4.07. The number of H-pyrrole nitrogens is 1. The third-order valence-electron chi connectivity index (χ3n) is 2.70. The van der Waals surface area contributed by atoms with Gasteiger partial charge in [-0.3, -0.25) is 9.78 Å². The maximum absolute atomic E-state index is 11.0. The number of aliphatic carboxylic acids is 1. The summed E-state index contributed by atoms with van der Waals surface area (Å²) in [5.41, 5.74) is 1.56. The van der Waals surface area contributed by atoms with Crippen LogP contribution in [0.2, 0.25) is 0 Å². The van der Waals surface area contributed by atoms with E-state index in [2.05, 4.69) is 4.98 Å². The number of carboxylic acid groups (broad SMARTS) is 1. The van der Waals surface area contributed by atoms with Crippen LogP contribution in [0.3, 0.4) is 0 Å². The number of hydrogen-bond donors (Lipinski definition) is 3. The monoisotopic (exact) mass is 251 g/mol. The van der Waals surface area contributed by atoms with Gasteiger partial charge in [0.25, 0.3) is 0 Å². The van der Waals surface area contributed by atoms with Gasteiger partial charge in [0.2, 0.25) is 0 Å². The Labute approximate surface area is 102 Å². The molecule has 1 unspecified atom stereocenters. The molecule has 0 aliphatic heterocycles. The van der Waals surface area contributed by atoms with E-state index in [0.717, 1.165) is 0 Å². The van der Waals surface area contributed by atoms with Crippen molar-refractivity contribution in [1.29, 1.82) is 0 Å². The zero-order chi connectivity index (χ0) is 13.1. The molecule has 0 radical (unpaired) electrons. The van der Waals surface area contributed by atoms with E-state index in [9.17, 15) is 14.7 Å². The van der Waals surface area contributed by atoms with Crippen molar-refractivity contribution in [1.82, 2.24) is 4.98 Å². The van der Waals surface area contributed by atoms with E-state index in [1.54, 1.807) is 18.2 Å². The minimum absolute atomic E-state index is 0.0263. The van der Waals surface area contributed by atoms with Gasteiger partial charge in [-0.2, -0.15) is 0 Å². The minimum atomic E-state index is -0.880. The van der Waals surface area contributed by atoms with Crippen molar-refractivity contribution in [2.24, 2.45) is 0 Å². The summed E-state index contributed by atoms with van der Waals surface area (Å²) < 4.78 is 4.89. The highest BCUT2D eigenvalue weighted by Crippen LogP contribution is 2.22. The highest BCUT2D eigenvalue weighted by atomic mass is 16.4. The van der Waals surface area contributed by atoms with E-state index < -0.39 is 17.8 Å². The lowest BCUT2D eigenvalue weighted by Gasteiger charge is -2.09. The lowest BCUT2D eigenvalue weighted by atomic mass is 10.0. The van der Waals surface area contributed by atoms with E-state index in [4.69, 9.17) is 9.52 Å². The Balaban J connectivity index is 2.09. The van der Waals surface area contributed by atoms with Crippen LogP contribution in [0.15, 0.2) is 27.4 Å². The first-order chi connectivity index (χ1) is 8.56. The summed E-state index contributed by atoms with van der Waals surface area (Å²) in [6.45, 7) is 0. The maximum Gasteiger partial charge on any atom is 0.417 e. The van der Waals surface area contributed by atoms with Crippen LogP contribution in [0.1, 0.15) is 30.9 Å². The van der Waals surface area contributed by atoms with E-state index in [1.807, 2.05) is 0 Å². The lowest BCUT2D eigenvalue weighted by Crippen LogP contribution is -2.00. The van der Waals surface area contributed by atoms with E-state index in [0.29, 0.717) is 29.5 Å². The molecular weight excluding hydrogens is 238 g/mol. The van der Waals surface area contributed by atoms with Gasteiger partial charge in [0.05, 0.1) is 11.6 Å². The van der Waals surface area contributed by atoms with Gasteiger partial charge in [0.15, 0.2) is 5.58 Å². The van der Waals surface area contributed by atoms with Crippen LogP contribution < -0.4 is 5.76 Å². The first-order valence-corrected chi connectivity index (χ1v) is 5.59. The van der Waals surface area contributed by atoms with Crippen LogP contribution in [0.25, 0.3) is 11.1 Å². The molecule has 2 rings (SSSR count). The van der Waals surface area contributed by atoms with Crippen molar-refractivity contribution in [2.45, 2.75) is 25.4 Å². The predicted octanol–water partition coefficient (Wildman–Crippen LogP) is 1.41. The van der Waals surface area contributed by atoms with Gasteiger partial charge in [-0.25, -0.2) is 4.79 Å². The molecule has 0 aliphatic carbocycles. The van der Waals surface area contributed by atoms with Crippen LogP contribution in [0.4, 0.5) is 0 Å². The fraction of sp³-hybridized carbons (Fsp3) is 0.333. The molecule has 0 aliphatic rings. The second-order valence-electron chi connectivity index (χ2n) is 4.07. The van der Waals surface area contributed by atoms with Gasteiger partial charge in [-0.15, -0.1) is 0 Å². The third-order valence-corrected chi connectivity index (χ3v) is 2.70. The number of fused-ring (bicyclic) bond motifs is 1. The zero-order valence-corrected chi connectivity index (χ0v) is 9.55. The van der Waals surface area contributed by atoms with Crippen molar-refractivity contribution >= 4 is 17.1 Å². The van der Waals surface area contributed by atoms with Crippen molar-refractivity contribution in [3.05, 3.63) is 34.3 Å². The molecule has 3 N–H and O–H groups in total. The molecular formula is C12H13NO5. The van der Waals surface area contributed by atoms with Gasteiger partial charge in [-0.05, 0) is 30.5 Å². The minimum Gasteiger partial charge on any atom is -0.481 e. The molecule has 96 valence electrons. The number of oxazole rings is 1. The molecule has 0 saturated carbocycles. The number of rotatable bonds is 5. The van der Waals surface area contributed by atoms with Gasteiger partial charge in [-0.1, -0.05) is 6.07 Å². The molecule has 6 nitrogen and oxygen atoms in total. The van der Waals surface area contributed by atoms with Gasteiger partial charge >= 0.3 is 11.7 Å². The number of carbonyl (C=O) groups is 1. The Kier molecular flexibility index (Phi) is 3.47. The molecule has 1 aromatic carbocycles. The summed E-state index contributed by atoms with van der Waals surface area (Å²) in [5, 5.41) is 18.4. The molecule has 18 heavy (non-hydrogen) atoms. The first kappa shape index (κ1) is 12.4. The third kappa shape index (κ3) is 2.78. The molecule has 0 amide bonds. The number of aliphatic hydroxyl groups is 1. The fourth-order valence-corrected chi connectivity index (χ4v) is 1.78. The summed E-state index contributed by atoms with van der Waals surface area (Å²) in [5.74, 6) is -1.42. The van der Waals surface area contributed by atoms with E-state index >= 15 is 0 Å². The standard InChI is InChI=1S/C12H13NO5/c14-9(2-1-3-11(15)16)7-4-5-8-10(6-7)18-12(17)13-8/h4-6,9,14H,1-3H2,(H,13,17)(H,15,16). The number of hydrogen-bond acceptors (Lipinski definition) is 4. The molecule has 1 aromatic heterocycles. The van der Waals surface area contributed by atoms with Crippen LogP contribution in [-0.4, -0.2) is 21.2 Å². The fourth-order valence-electron chi connectivity index (χ4n) is 1.78. The van der Waals surface area contributed by atoms with Crippen molar-refractivity contribution in [2.75, 3.05) is 0 Å². The van der Waals surface area contributed by atoms with E-state index in [1.165, 1.54) is 0 Å². The molecule has 1 heterocycles. The number of aromatic nitrogens is 1. The summed E-state index contributed by atoms with van der Waals surface area (Å²) in [6.07, 6.45) is 0.0188. The van der Waals surface area contributed by atoms with Crippen LogP contribution in [0, 0.1) is 0 Å². The lowest BCUT2D eigenvalue weighted by molar-refractivity contribution is -0.137. The van der Waals surface area contributed by atoms with Gasteiger partial charge in [0.1, 0.15) is 0 Å². The Bertz CT molecular complexity index is 612. The van der Waals surface area contributed by atoms with E-state index in [-0.39, 0.29) is 6.42 Å². The summed E-state index contributed by atoms with van der Waals surface area (Å²) in [6, 6.07) is 4.91.